The van der Waals surface area contributed by atoms with Gasteiger partial charge in [0.15, 0.2) is 31.0 Å². The largest absolute Gasteiger partial charge is 1.00 e. The normalized spacial score (nSPS) is 28.8. The van der Waals surface area contributed by atoms with Crippen molar-refractivity contribution >= 4 is 32.2 Å². The molecule has 1 aromatic carbocycles. The van der Waals surface area contributed by atoms with Crippen LogP contribution in [0, 0.1) is 11.8 Å². The number of carbonyl (C=O) groups excluding carboxylic acids is 4. The van der Waals surface area contributed by atoms with E-state index in [1.807, 2.05) is 12.1 Å². The number of benzene rings is 1. The zero-order chi connectivity index (χ0) is 39.7. The molecule has 3 saturated heterocycles. The van der Waals surface area contributed by atoms with Crippen LogP contribution < -0.4 is 44.9 Å². The van der Waals surface area contributed by atoms with Crippen LogP contribution >= 0.6 is 0 Å². The number of carbonyl (C=O) groups is 4. The summed E-state index contributed by atoms with van der Waals surface area (Å²) in [7, 11) is 1.57. The number of hydrogen-bond donors (Lipinski definition) is 3. The molecular formula is C31H42BN9NaO13. The van der Waals surface area contributed by atoms with E-state index >= 15 is 0 Å². The zero-order valence-corrected chi connectivity index (χ0v) is 33.3. The second-order valence-corrected chi connectivity index (χ2v) is 11.5. The van der Waals surface area contributed by atoms with Crippen molar-refractivity contribution in [1.29, 1.82) is 5.26 Å². The minimum atomic E-state index is -1.31. The van der Waals surface area contributed by atoms with Gasteiger partial charge in [0, 0.05) is 45.9 Å². The molecule has 0 aliphatic carbocycles. The molecule has 4 rings (SSSR count). The number of nitrogens with zero attached hydrogens (tertiary/aromatic N) is 7. The quantitative estimate of drug-likeness (QED) is 0.0546. The minimum absolute atomic E-state index is 0. The van der Waals surface area contributed by atoms with Crippen molar-refractivity contribution in [1.82, 2.24) is 10.6 Å². The van der Waals surface area contributed by atoms with Crippen molar-refractivity contribution in [3.8, 4) is 5.75 Å². The molecule has 3 radical (unpaired) electrons. The first-order valence-corrected chi connectivity index (χ1v) is 15.9. The number of fused-ring (bicyclic) bond motifs is 1. The van der Waals surface area contributed by atoms with Gasteiger partial charge in [-0.05, 0) is 35.7 Å². The van der Waals surface area contributed by atoms with Crippen LogP contribution in [0.15, 0.2) is 34.5 Å². The number of nitrogens with one attached hydrogen (secondary N) is 2. The Balaban J connectivity index is 0.00000101. The van der Waals surface area contributed by atoms with Crippen LogP contribution in [0.3, 0.4) is 0 Å². The fourth-order valence-electron chi connectivity index (χ4n) is 5.54. The summed E-state index contributed by atoms with van der Waals surface area (Å²) in [6, 6.07) is 5.35. The van der Waals surface area contributed by atoms with Gasteiger partial charge in [0.05, 0.1) is 26.9 Å². The van der Waals surface area contributed by atoms with Crippen molar-refractivity contribution in [2.24, 2.45) is 10.2 Å². The molecule has 3 aliphatic rings. The standard InChI is InChI=1S/C18H24N4O7.C12H18N4O6.CN.B.Na/c1-10(23)20-15-17(28-11(2)24)16(25)14(29-18(15)21-22-19)9-27-8-12-4-6-13(26-3)7-5-12;1-5(17)14-9-11(20-6(2)18)10-8(4-19-7(3)21-10)22-12(9)15-16-13;1-2;;/h4-7,14-18,25H,8-9H2,1-3H3,(H,20,23);7-12H,4H2,1-3H3,(H,14,17);;;/q;;-1;;+1/t14?,15?,16-,17-,18-;7?,8?,9?,10-,11-,12-;;;/m11.../s1. The van der Waals surface area contributed by atoms with E-state index in [2.05, 4.69) is 30.7 Å². The molecule has 22 nitrogen and oxygen atoms in total. The molecule has 0 saturated carbocycles. The molecule has 3 N–H and O–H groups in total. The zero-order valence-electron chi connectivity index (χ0n) is 31.3. The van der Waals surface area contributed by atoms with Gasteiger partial charge in [0.1, 0.15) is 42.2 Å². The molecule has 24 heteroatoms. The number of rotatable bonds is 11. The molecule has 2 amide bonds. The fourth-order valence-corrected chi connectivity index (χ4v) is 5.54. The number of ether oxygens (including phenoxy) is 8. The Morgan fingerprint density at radius 2 is 1.42 bits per heavy atom. The Hall–Kier alpha value is -4.17. The van der Waals surface area contributed by atoms with Crippen molar-refractivity contribution in [3.63, 3.8) is 0 Å². The molecule has 3 fully saturated rings. The Morgan fingerprint density at radius 3 is 1.91 bits per heavy atom. The van der Waals surface area contributed by atoms with Crippen molar-refractivity contribution in [2.45, 2.75) is 109 Å². The van der Waals surface area contributed by atoms with E-state index in [-0.39, 0.29) is 63.7 Å². The second kappa shape index (κ2) is 25.8. The van der Waals surface area contributed by atoms with Crippen molar-refractivity contribution < 1.29 is 91.7 Å². The maximum Gasteiger partial charge on any atom is 1.00 e. The molecule has 293 valence electrons. The molecule has 5 unspecified atom stereocenters. The number of aliphatic hydroxyl groups excluding tert-OH is 1. The molecule has 0 spiro atoms. The first kappa shape index (κ1) is 50.8. The van der Waals surface area contributed by atoms with Crippen molar-refractivity contribution in [3.05, 3.63) is 57.3 Å². The number of azide groups is 2. The van der Waals surface area contributed by atoms with Gasteiger partial charge in [-0.15, -0.1) is 0 Å². The molecule has 0 bridgehead atoms. The third kappa shape index (κ3) is 15.8. The second-order valence-electron chi connectivity index (χ2n) is 11.5. The SMILES string of the molecule is CC(=O)NC1[C@H](N=[N+]=[N-])OC2COC(C)O[C@H]2[C@@H]1OC(C)=O.COc1ccc(COCC2O[C@@H](N=[N+]=[N-])C(NC(C)=O)[C@@H](OC(C)=O)[C@@H]2O)cc1.[B].[C-]#N.[Na+]. The fraction of sp³-hybridized carbons (Fsp3) is 0.645. The maximum atomic E-state index is 11.5. The number of hydrogen-bond acceptors (Lipinski definition) is 16. The van der Waals surface area contributed by atoms with Gasteiger partial charge < -0.3 is 65.5 Å². The minimum Gasteiger partial charge on any atom is -0.512 e. The van der Waals surface area contributed by atoms with Crippen LogP contribution in [-0.2, 0) is 58.9 Å². The average Bonchev–Trinajstić information content (AvgIpc) is 3.11. The van der Waals surface area contributed by atoms with Gasteiger partial charge in [-0.1, -0.05) is 22.4 Å². The van der Waals surface area contributed by atoms with Crippen LogP contribution in [0.1, 0.15) is 40.2 Å². The molecule has 55 heavy (non-hydrogen) atoms. The van der Waals surface area contributed by atoms with Gasteiger partial charge in [0.2, 0.25) is 11.8 Å². The molecule has 1 aromatic rings. The number of methoxy groups -OCH3 is 1. The Labute approximate surface area is 340 Å². The van der Waals surface area contributed by atoms with Crippen molar-refractivity contribution in [2.75, 3.05) is 20.3 Å². The monoisotopic (exact) mass is 782 g/mol. The van der Waals surface area contributed by atoms with Crippen LogP contribution in [0.5, 0.6) is 5.75 Å². The third-order valence-electron chi connectivity index (χ3n) is 7.59. The number of esters is 2. The van der Waals surface area contributed by atoms with Gasteiger partial charge in [-0.25, -0.2) is 0 Å². The predicted molar refractivity (Wildman–Crippen MR) is 182 cm³/mol. The van der Waals surface area contributed by atoms with E-state index in [0.717, 1.165) is 5.56 Å². The van der Waals surface area contributed by atoms with Gasteiger partial charge in [-0.2, -0.15) is 0 Å². The van der Waals surface area contributed by atoms with Crippen LogP contribution in [0.4, 0.5) is 0 Å². The molecule has 3 heterocycles. The van der Waals surface area contributed by atoms with E-state index in [4.69, 9.17) is 60.8 Å². The summed E-state index contributed by atoms with van der Waals surface area (Å²) in [6.45, 7) is 11.8. The van der Waals surface area contributed by atoms with Gasteiger partial charge in [0.25, 0.3) is 0 Å². The van der Waals surface area contributed by atoms with E-state index in [0.29, 0.717) is 5.75 Å². The molecule has 0 aromatic heterocycles. The Morgan fingerprint density at radius 1 is 0.909 bits per heavy atom. The first-order valence-electron chi connectivity index (χ1n) is 15.9. The summed E-state index contributed by atoms with van der Waals surface area (Å²) >= 11 is 0. The first-order chi connectivity index (χ1) is 25.3. The van der Waals surface area contributed by atoms with E-state index in [1.165, 1.54) is 27.7 Å². The van der Waals surface area contributed by atoms with E-state index in [1.54, 1.807) is 26.2 Å². The van der Waals surface area contributed by atoms with Crippen LogP contribution in [0.2, 0.25) is 0 Å². The summed E-state index contributed by atoms with van der Waals surface area (Å²) in [5.41, 5.74) is 18.4. The number of amides is 2. The Kier molecular flexibility index (Phi) is 23.9. The van der Waals surface area contributed by atoms with Gasteiger partial charge >= 0.3 is 41.5 Å². The molecule has 11 atom stereocenters. The summed E-state index contributed by atoms with van der Waals surface area (Å²) in [4.78, 5) is 51.2. The van der Waals surface area contributed by atoms with Gasteiger partial charge in [-0.3, -0.25) is 19.2 Å². The average molecular weight is 783 g/mol. The Bertz CT molecular complexity index is 1520. The third-order valence-corrected chi connectivity index (χ3v) is 7.59. The summed E-state index contributed by atoms with van der Waals surface area (Å²) in [6.07, 6.45) is -8.19. The van der Waals surface area contributed by atoms with E-state index < -0.39 is 85.3 Å². The smallest absolute Gasteiger partial charge is 0.512 e. The number of aliphatic hydroxyl groups is 1. The summed E-state index contributed by atoms with van der Waals surface area (Å²) < 4.78 is 43.4. The molecule has 3 aliphatic heterocycles. The topological polar surface area (TPSA) is 308 Å². The van der Waals surface area contributed by atoms with Crippen LogP contribution in [0.25, 0.3) is 20.9 Å². The predicted octanol–water partition coefficient (Wildman–Crippen LogP) is -2.02. The maximum absolute atomic E-state index is 11.5. The van der Waals surface area contributed by atoms with Crippen LogP contribution in [-0.4, -0.2) is 125 Å². The van der Waals surface area contributed by atoms with E-state index in [9.17, 15) is 24.3 Å². The summed E-state index contributed by atoms with van der Waals surface area (Å²) in [5, 5.41) is 29.0. The summed E-state index contributed by atoms with van der Waals surface area (Å²) in [5.74, 6) is -1.32. The molecular weight excluding hydrogens is 740 g/mol.